The minimum absolute atomic E-state index is 0.0762. The van der Waals surface area contributed by atoms with Gasteiger partial charge in [0.2, 0.25) is 9.84 Å². The summed E-state index contributed by atoms with van der Waals surface area (Å²) in [7, 11) is -4.57. The van der Waals surface area contributed by atoms with Crippen molar-refractivity contribution in [2.24, 2.45) is 0 Å². The van der Waals surface area contributed by atoms with Crippen molar-refractivity contribution in [3.8, 4) is 22.6 Å². The number of carbonyl (C=O) groups is 1. The van der Waals surface area contributed by atoms with Crippen molar-refractivity contribution in [3.05, 3.63) is 72.3 Å². The molecule has 174 valence electrons. The van der Waals surface area contributed by atoms with Crippen molar-refractivity contribution in [1.82, 2.24) is 0 Å². The summed E-state index contributed by atoms with van der Waals surface area (Å²) >= 11 is 0. The van der Waals surface area contributed by atoms with Gasteiger partial charge in [-0.2, -0.15) is 0 Å². The van der Waals surface area contributed by atoms with Crippen LogP contribution in [0.5, 0.6) is 11.5 Å². The molecule has 1 N–H and O–H groups in total. The fourth-order valence-electron chi connectivity index (χ4n) is 3.18. The Labute approximate surface area is 188 Å². The van der Waals surface area contributed by atoms with E-state index in [1.54, 1.807) is 37.3 Å². The number of carboxylic acid groups (broad SMARTS) is 1. The molecular weight excluding hydrogens is 461 g/mol. The third-order valence-electron chi connectivity index (χ3n) is 4.48. The van der Waals surface area contributed by atoms with Gasteiger partial charge in [-0.05, 0) is 53.9 Å². The first-order valence-corrected chi connectivity index (χ1v) is 11.2. The Kier molecular flexibility index (Phi) is 6.97. The zero-order valence-corrected chi connectivity index (χ0v) is 18.1. The molecule has 33 heavy (non-hydrogen) atoms. The molecular formula is C23H19F3O6S. The van der Waals surface area contributed by atoms with Crippen LogP contribution in [0.2, 0.25) is 0 Å². The van der Waals surface area contributed by atoms with Gasteiger partial charge in [0.05, 0.1) is 17.9 Å². The van der Waals surface area contributed by atoms with E-state index >= 15 is 0 Å². The molecule has 3 aromatic rings. The van der Waals surface area contributed by atoms with Crippen LogP contribution in [-0.2, 0) is 21.1 Å². The Morgan fingerprint density at radius 3 is 2.27 bits per heavy atom. The van der Waals surface area contributed by atoms with Gasteiger partial charge in [0.15, 0.2) is 0 Å². The summed E-state index contributed by atoms with van der Waals surface area (Å²) in [6, 6.07) is 15.4. The second-order valence-electron chi connectivity index (χ2n) is 6.89. The summed E-state index contributed by atoms with van der Waals surface area (Å²) in [5, 5.41) is 9.10. The molecule has 0 saturated carbocycles. The highest BCUT2D eigenvalue weighted by Gasteiger charge is 2.35. The summed E-state index contributed by atoms with van der Waals surface area (Å²) < 4.78 is 75.3. The molecule has 0 unspecified atom stereocenters. The predicted octanol–water partition coefficient (Wildman–Crippen LogP) is 5.11. The van der Waals surface area contributed by atoms with Gasteiger partial charge in [0.1, 0.15) is 16.4 Å². The third kappa shape index (κ3) is 6.04. The van der Waals surface area contributed by atoms with E-state index in [-0.39, 0.29) is 17.9 Å². The summed E-state index contributed by atoms with van der Waals surface area (Å²) in [6.07, 6.45) is -5.63. The van der Waals surface area contributed by atoms with Crippen LogP contribution in [0.25, 0.3) is 11.1 Å². The van der Waals surface area contributed by atoms with Gasteiger partial charge < -0.3 is 14.6 Å². The number of hydrogen-bond acceptors (Lipinski definition) is 5. The molecule has 10 heteroatoms. The van der Waals surface area contributed by atoms with Gasteiger partial charge in [-0.1, -0.05) is 36.4 Å². The molecule has 0 heterocycles. The number of rotatable bonds is 8. The van der Waals surface area contributed by atoms with Crippen LogP contribution in [0.1, 0.15) is 12.5 Å². The Balaban J connectivity index is 2.22. The van der Waals surface area contributed by atoms with Crippen LogP contribution in [0.15, 0.2) is 76.5 Å². The van der Waals surface area contributed by atoms with Gasteiger partial charge in [-0.3, -0.25) is 4.79 Å². The molecule has 0 spiro atoms. The SMILES string of the molecule is CCOc1cc(CC(=O)O)cc(S(=O)(=O)c2cc(-c3ccccc3)ccc2OC(F)(F)F)c1. The van der Waals surface area contributed by atoms with Crippen LogP contribution in [-0.4, -0.2) is 32.5 Å². The molecule has 0 radical (unpaired) electrons. The summed E-state index contributed by atoms with van der Waals surface area (Å²) in [5.41, 5.74) is 1.06. The third-order valence-corrected chi connectivity index (χ3v) is 6.24. The molecule has 0 saturated heterocycles. The Hall–Kier alpha value is -3.53. The van der Waals surface area contributed by atoms with E-state index in [4.69, 9.17) is 9.84 Å². The molecule has 0 aliphatic carbocycles. The predicted molar refractivity (Wildman–Crippen MR) is 113 cm³/mol. The van der Waals surface area contributed by atoms with Crippen LogP contribution in [0, 0.1) is 0 Å². The van der Waals surface area contributed by atoms with Crippen LogP contribution < -0.4 is 9.47 Å². The molecule has 0 aliphatic heterocycles. The average Bonchev–Trinajstić information content (AvgIpc) is 2.73. The van der Waals surface area contributed by atoms with Crippen molar-refractivity contribution in [1.29, 1.82) is 0 Å². The smallest absolute Gasteiger partial charge is 0.494 e. The standard InChI is InChI=1S/C23H19F3O6S/c1-2-31-18-10-15(12-22(27)28)11-19(14-18)33(29,30)21-13-17(16-6-4-3-5-7-16)8-9-20(21)32-23(24,25)26/h3-11,13-14H,2,12H2,1H3,(H,27,28). The molecule has 0 aliphatic rings. The van der Waals surface area contributed by atoms with E-state index in [9.17, 15) is 26.4 Å². The Bertz CT molecular complexity index is 1250. The fourth-order valence-corrected chi connectivity index (χ4v) is 4.67. The molecule has 3 rings (SSSR count). The number of ether oxygens (including phenoxy) is 2. The highest BCUT2D eigenvalue weighted by atomic mass is 32.2. The molecule has 0 atom stereocenters. The molecule has 0 aromatic heterocycles. The van der Waals surface area contributed by atoms with E-state index in [0.717, 1.165) is 24.3 Å². The maximum atomic E-state index is 13.5. The minimum atomic E-state index is -5.12. The Morgan fingerprint density at radius 2 is 1.67 bits per heavy atom. The van der Waals surface area contributed by atoms with Gasteiger partial charge in [-0.15, -0.1) is 13.2 Å². The lowest BCUT2D eigenvalue weighted by Crippen LogP contribution is -2.19. The van der Waals surface area contributed by atoms with E-state index in [1.807, 2.05) is 0 Å². The molecule has 6 nitrogen and oxygen atoms in total. The maximum absolute atomic E-state index is 13.5. The summed E-state index contributed by atoms with van der Waals surface area (Å²) in [4.78, 5) is 10.0. The van der Waals surface area contributed by atoms with Gasteiger partial charge in [0, 0.05) is 0 Å². The molecule has 3 aromatic carbocycles. The quantitative estimate of drug-likeness (QED) is 0.482. The number of benzene rings is 3. The summed E-state index contributed by atoms with van der Waals surface area (Å²) in [5.74, 6) is -2.03. The first kappa shape index (κ1) is 24.1. The van der Waals surface area contributed by atoms with E-state index in [1.165, 1.54) is 12.1 Å². The van der Waals surface area contributed by atoms with Crippen LogP contribution in [0.3, 0.4) is 0 Å². The van der Waals surface area contributed by atoms with Crippen molar-refractivity contribution < 1.29 is 41.0 Å². The van der Waals surface area contributed by atoms with Gasteiger partial charge in [-0.25, -0.2) is 8.42 Å². The highest BCUT2D eigenvalue weighted by Crippen LogP contribution is 2.37. The van der Waals surface area contributed by atoms with E-state index in [0.29, 0.717) is 11.1 Å². The lowest BCUT2D eigenvalue weighted by atomic mass is 10.1. The average molecular weight is 480 g/mol. The second-order valence-corrected chi connectivity index (χ2v) is 8.81. The number of sulfone groups is 1. The lowest BCUT2D eigenvalue weighted by molar-refractivity contribution is -0.275. The topological polar surface area (TPSA) is 89.9 Å². The highest BCUT2D eigenvalue weighted by molar-refractivity contribution is 7.91. The lowest BCUT2D eigenvalue weighted by Gasteiger charge is -2.16. The maximum Gasteiger partial charge on any atom is 0.573 e. The van der Waals surface area contributed by atoms with E-state index < -0.39 is 44.1 Å². The number of halogens is 3. The first-order chi connectivity index (χ1) is 15.5. The monoisotopic (exact) mass is 480 g/mol. The number of hydrogen-bond donors (Lipinski definition) is 1. The van der Waals surface area contributed by atoms with Crippen molar-refractivity contribution in [3.63, 3.8) is 0 Å². The van der Waals surface area contributed by atoms with Gasteiger partial charge >= 0.3 is 12.3 Å². The largest absolute Gasteiger partial charge is 0.573 e. The van der Waals surface area contributed by atoms with Gasteiger partial charge in [0.25, 0.3) is 0 Å². The number of carboxylic acids is 1. The van der Waals surface area contributed by atoms with E-state index in [2.05, 4.69) is 4.74 Å². The van der Waals surface area contributed by atoms with Crippen LogP contribution in [0.4, 0.5) is 13.2 Å². The molecule has 0 bridgehead atoms. The number of aliphatic carboxylic acids is 1. The van der Waals surface area contributed by atoms with Crippen LogP contribution >= 0.6 is 0 Å². The second kappa shape index (κ2) is 9.53. The van der Waals surface area contributed by atoms with Crippen molar-refractivity contribution in [2.45, 2.75) is 29.5 Å². The molecule has 0 fully saturated rings. The first-order valence-electron chi connectivity index (χ1n) is 9.68. The summed E-state index contributed by atoms with van der Waals surface area (Å²) in [6.45, 7) is 1.82. The zero-order chi connectivity index (χ0) is 24.2. The fraction of sp³-hybridized carbons (Fsp3) is 0.174. The minimum Gasteiger partial charge on any atom is -0.494 e. The normalized spacial score (nSPS) is 11.8. The molecule has 0 amide bonds. The zero-order valence-electron chi connectivity index (χ0n) is 17.3. The Morgan fingerprint density at radius 1 is 0.970 bits per heavy atom. The van der Waals surface area contributed by atoms with Crippen molar-refractivity contribution >= 4 is 15.8 Å². The van der Waals surface area contributed by atoms with Crippen molar-refractivity contribution in [2.75, 3.05) is 6.61 Å². The number of alkyl halides is 3.